The number of carbonyl (C=O) groups is 2. The van der Waals surface area contributed by atoms with Gasteiger partial charge in [0, 0.05) is 34.1 Å². The maximum atomic E-state index is 13.7. The zero-order chi connectivity index (χ0) is 26.4. The topological polar surface area (TPSA) is 76.8 Å². The van der Waals surface area contributed by atoms with E-state index in [0.717, 1.165) is 32.1 Å². The standard InChI is InChI=1S/C29H22BrFN4O3/c1-17-28(37)34(13-12-18-2-11-25-20(14-18)15-26(36)32-25)29(38-17)27-24(19-3-7-22(31)8-4-19)16-35(33-27)23-9-5-21(30)6-10-23/h2-11,14-17,29H,12-13H2,1H3. The van der Waals surface area contributed by atoms with Crippen molar-refractivity contribution in [2.24, 2.45) is 4.99 Å². The molecule has 2 unspecified atom stereocenters. The molecule has 0 bridgehead atoms. The summed E-state index contributed by atoms with van der Waals surface area (Å²) in [6, 6.07) is 19.6. The lowest BCUT2D eigenvalue weighted by molar-refractivity contribution is -0.130. The van der Waals surface area contributed by atoms with E-state index in [-0.39, 0.29) is 17.6 Å². The van der Waals surface area contributed by atoms with E-state index < -0.39 is 12.3 Å². The van der Waals surface area contributed by atoms with Gasteiger partial charge in [0.05, 0.1) is 11.0 Å². The Morgan fingerprint density at radius 1 is 1.03 bits per heavy atom. The quantitative estimate of drug-likeness (QED) is 0.351. The first kappa shape index (κ1) is 24.4. The Balaban J connectivity index is 1.36. The van der Waals surface area contributed by atoms with Gasteiger partial charge in [-0.05, 0) is 73.0 Å². The van der Waals surface area contributed by atoms with Gasteiger partial charge in [-0.15, -0.1) is 0 Å². The van der Waals surface area contributed by atoms with E-state index in [0.29, 0.717) is 24.0 Å². The third kappa shape index (κ3) is 4.59. The van der Waals surface area contributed by atoms with Gasteiger partial charge in [0.15, 0.2) is 6.23 Å². The maximum absolute atomic E-state index is 13.7. The molecule has 6 rings (SSSR count). The normalized spacial score (nSPS) is 18.4. The van der Waals surface area contributed by atoms with Crippen LogP contribution in [0.5, 0.6) is 0 Å². The van der Waals surface area contributed by atoms with Crippen molar-refractivity contribution in [2.75, 3.05) is 6.54 Å². The Bertz CT molecular complexity index is 1680. The van der Waals surface area contributed by atoms with Crippen LogP contribution in [-0.4, -0.2) is 39.1 Å². The number of rotatable bonds is 6. The third-order valence-electron chi connectivity index (χ3n) is 6.71. The third-order valence-corrected chi connectivity index (χ3v) is 7.24. The summed E-state index contributed by atoms with van der Waals surface area (Å²) in [4.78, 5) is 30.5. The average Bonchev–Trinajstić information content (AvgIpc) is 3.58. The van der Waals surface area contributed by atoms with Gasteiger partial charge in [-0.1, -0.05) is 34.1 Å². The molecule has 38 heavy (non-hydrogen) atoms. The van der Waals surface area contributed by atoms with Crippen LogP contribution in [0.1, 0.15) is 24.4 Å². The van der Waals surface area contributed by atoms with Gasteiger partial charge in [0.2, 0.25) is 0 Å². The van der Waals surface area contributed by atoms with Gasteiger partial charge >= 0.3 is 0 Å². The lowest BCUT2D eigenvalue weighted by atomic mass is 10.0. The summed E-state index contributed by atoms with van der Waals surface area (Å²) in [5.41, 5.74) is 3.90. The number of ether oxygens (including phenoxy) is 1. The van der Waals surface area contributed by atoms with Crippen LogP contribution in [0.25, 0.3) is 22.9 Å². The molecule has 2 amide bonds. The van der Waals surface area contributed by atoms with Crippen molar-refractivity contribution < 1.29 is 18.7 Å². The van der Waals surface area contributed by atoms with Crippen LogP contribution >= 0.6 is 15.9 Å². The number of hydrogen-bond donors (Lipinski definition) is 0. The average molecular weight is 573 g/mol. The Hall–Kier alpha value is -3.95. The highest BCUT2D eigenvalue weighted by Gasteiger charge is 2.41. The molecule has 1 saturated heterocycles. The van der Waals surface area contributed by atoms with E-state index in [1.807, 2.05) is 48.7 Å². The Labute approximate surface area is 226 Å². The Kier molecular flexibility index (Phi) is 6.25. The fourth-order valence-corrected chi connectivity index (χ4v) is 5.04. The molecule has 0 spiro atoms. The molecule has 2 aliphatic rings. The first-order valence-electron chi connectivity index (χ1n) is 12.2. The van der Waals surface area contributed by atoms with Crippen molar-refractivity contribution in [3.05, 3.63) is 105 Å². The van der Waals surface area contributed by atoms with Crippen molar-refractivity contribution in [3.8, 4) is 16.8 Å². The van der Waals surface area contributed by atoms with E-state index in [9.17, 15) is 14.0 Å². The molecule has 1 aromatic heterocycles. The highest BCUT2D eigenvalue weighted by molar-refractivity contribution is 9.10. The molecule has 1 fully saturated rings. The number of hydrogen-bond acceptors (Lipinski definition) is 4. The summed E-state index contributed by atoms with van der Waals surface area (Å²) < 4.78 is 22.6. The van der Waals surface area contributed by atoms with Crippen LogP contribution in [0, 0.1) is 5.82 Å². The highest BCUT2D eigenvalue weighted by atomic mass is 79.9. The van der Waals surface area contributed by atoms with E-state index in [4.69, 9.17) is 9.84 Å². The molecule has 7 nitrogen and oxygen atoms in total. The van der Waals surface area contributed by atoms with Gasteiger partial charge in [0.25, 0.3) is 11.8 Å². The predicted molar refractivity (Wildman–Crippen MR) is 142 cm³/mol. The molecule has 9 heteroatoms. The van der Waals surface area contributed by atoms with Crippen molar-refractivity contribution >= 4 is 33.8 Å². The van der Waals surface area contributed by atoms with E-state index in [1.165, 1.54) is 18.2 Å². The number of halogens is 2. The molecule has 190 valence electrons. The van der Waals surface area contributed by atoms with E-state index in [2.05, 4.69) is 20.9 Å². The lowest BCUT2D eigenvalue weighted by Crippen LogP contribution is -2.33. The van der Waals surface area contributed by atoms with Gasteiger partial charge in [0.1, 0.15) is 17.6 Å². The SMILES string of the molecule is CC1OC(c2nn(-c3ccc(Br)cc3)cc2-c2ccc(F)cc2)N(CCc2ccc3c(c2)=CC(=O)N=3)C1=O. The van der Waals surface area contributed by atoms with Gasteiger partial charge in [-0.25, -0.2) is 14.1 Å². The second kappa shape index (κ2) is 9.74. The number of fused-ring (bicyclic) bond motifs is 1. The first-order valence-corrected chi connectivity index (χ1v) is 13.0. The number of aromatic nitrogens is 2. The first-order chi connectivity index (χ1) is 18.4. The second-order valence-corrected chi connectivity index (χ2v) is 10.2. The van der Waals surface area contributed by atoms with Crippen molar-refractivity contribution in [1.29, 1.82) is 0 Å². The number of nitrogens with zero attached hydrogens (tertiary/aromatic N) is 4. The van der Waals surface area contributed by atoms with Gasteiger partial charge in [-0.2, -0.15) is 5.10 Å². The zero-order valence-electron chi connectivity index (χ0n) is 20.3. The van der Waals surface area contributed by atoms with Crippen LogP contribution in [0.3, 0.4) is 0 Å². The van der Waals surface area contributed by atoms with E-state index >= 15 is 0 Å². The van der Waals surface area contributed by atoms with Gasteiger partial charge < -0.3 is 9.64 Å². The Morgan fingerprint density at radius 2 is 1.79 bits per heavy atom. The molecule has 3 heterocycles. The zero-order valence-corrected chi connectivity index (χ0v) is 21.9. The number of carbonyl (C=O) groups excluding carboxylic acids is 2. The summed E-state index contributed by atoms with van der Waals surface area (Å²) in [6.45, 7) is 2.13. The van der Waals surface area contributed by atoms with Crippen LogP contribution < -0.4 is 10.6 Å². The minimum Gasteiger partial charge on any atom is -0.339 e. The summed E-state index contributed by atoms with van der Waals surface area (Å²) >= 11 is 3.46. The van der Waals surface area contributed by atoms with Crippen LogP contribution in [-0.2, 0) is 20.7 Å². The fraction of sp³-hybridized carbons (Fsp3) is 0.172. The van der Waals surface area contributed by atoms with Crippen LogP contribution in [0.15, 0.2) is 82.4 Å². The molecule has 3 aromatic carbocycles. The molecule has 0 radical (unpaired) electrons. The minimum atomic E-state index is -0.716. The molecule has 0 saturated carbocycles. The van der Waals surface area contributed by atoms with Gasteiger partial charge in [-0.3, -0.25) is 9.59 Å². The molecule has 2 atom stereocenters. The summed E-state index contributed by atoms with van der Waals surface area (Å²) in [6.07, 6.45) is 2.60. The van der Waals surface area contributed by atoms with Crippen molar-refractivity contribution in [3.63, 3.8) is 0 Å². The summed E-state index contributed by atoms with van der Waals surface area (Å²) in [5, 5.41) is 6.30. The van der Waals surface area contributed by atoms with Crippen LogP contribution in [0.2, 0.25) is 0 Å². The molecule has 0 aliphatic carbocycles. The molecule has 2 aliphatic heterocycles. The largest absolute Gasteiger partial charge is 0.339 e. The highest BCUT2D eigenvalue weighted by Crippen LogP contribution is 2.37. The fourth-order valence-electron chi connectivity index (χ4n) is 4.77. The van der Waals surface area contributed by atoms with Crippen molar-refractivity contribution in [2.45, 2.75) is 25.7 Å². The smallest absolute Gasteiger partial charge is 0.270 e. The summed E-state index contributed by atoms with van der Waals surface area (Å²) in [5.74, 6) is -0.723. The Morgan fingerprint density at radius 3 is 2.55 bits per heavy atom. The monoisotopic (exact) mass is 572 g/mol. The lowest BCUT2D eigenvalue weighted by Gasteiger charge is -2.22. The molecule has 4 aromatic rings. The second-order valence-electron chi connectivity index (χ2n) is 9.26. The summed E-state index contributed by atoms with van der Waals surface area (Å²) in [7, 11) is 0. The van der Waals surface area contributed by atoms with E-state index in [1.54, 1.807) is 28.6 Å². The number of amides is 2. The molecule has 0 N–H and O–H groups in total. The number of benzene rings is 3. The molecular formula is C29H22BrFN4O3. The maximum Gasteiger partial charge on any atom is 0.270 e. The minimum absolute atomic E-state index is 0.129. The predicted octanol–water partition coefficient (Wildman–Crippen LogP) is 3.87. The molecular weight excluding hydrogens is 551 g/mol. The van der Waals surface area contributed by atoms with Crippen LogP contribution in [0.4, 0.5) is 4.39 Å². The van der Waals surface area contributed by atoms with Crippen molar-refractivity contribution in [1.82, 2.24) is 14.7 Å².